The first-order valence-corrected chi connectivity index (χ1v) is 6.38. The largest absolute Gasteiger partial charge is 0.508 e. The Bertz CT molecular complexity index is 424. The van der Waals surface area contributed by atoms with E-state index in [0.29, 0.717) is 17.5 Å². The second kappa shape index (κ2) is 3.98. The van der Waals surface area contributed by atoms with Gasteiger partial charge in [0, 0.05) is 18.7 Å². The number of benzene rings is 1. The summed E-state index contributed by atoms with van der Waals surface area (Å²) in [5.41, 5.74) is 1.19. The fraction of sp³-hybridized carbons (Fsp3) is 0.571. The molecule has 2 aliphatic rings. The van der Waals surface area contributed by atoms with E-state index in [-0.39, 0.29) is 11.6 Å². The number of hydrogen-bond donors (Lipinski definition) is 2. The van der Waals surface area contributed by atoms with Gasteiger partial charge in [-0.15, -0.1) is 0 Å². The van der Waals surface area contributed by atoms with Crippen molar-refractivity contribution in [2.45, 2.75) is 32.2 Å². The number of rotatable bonds is 5. The van der Waals surface area contributed by atoms with Gasteiger partial charge < -0.3 is 10.4 Å². The van der Waals surface area contributed by atoms with Crippen molar-refractivity contribution in [2.75, 3.05) is 6.54 Å². The molecule has 2 nitrogen and oxygen atoms in total. The molecule has 1 aromatic rings. The topological polar surface area (TPSA) is 32.3 Å². The van der Waals surface area contributed by atoms with Crippen LogP contribution in [0, 0.1) is 17.2 Å². The lowest BCUT2D eigenvalue weighted by Crippen LogP contribution is -2.25. The smallest absolute Gasteiger partial charge is 0.123 e. The molecule has 3 heteroatoms. The van der Waals surface area contributed by atoms with Crippen molar-refractivity contribution in [1.29, 1.82) is 0 Å². The Morgan fingerprint density at radius 3 is 2.76 bits per heavy atom. The van der Waals surface area contributed by atoms with Crippen molar-refractivity contribution < 1.29 is 9.50 Å². The van der Waals surface area contributed by atoms with Crippen LogP contribution >= 0.6 is 0 Å². The van der Waals surface area contributed by atoms with Crippen LogP contribution in [0.15, 0.2) is 18.2 Å². The third kappa shape index (κ3) is 2.29. The molecular formula is C14H18FNO. The van der Waals surface area contributed by atoms with Crippen molar-refractivity contribution in [2.24, 2.45) is 11.3 Å². The molecule has 92 valence electrons. The van der Waals surface area contributed by atoms with E-state index in [9.17, 15) is 9.50 Å². The van der Waals surface area contributed by atoms with Crippen LogP contribution in [0.25, 0.3) is 0 Å². The molecule has 2 aliphatic carbocycles. The highest BCUT2D eigenvalue weighted by Crippen LogP contribution is 2.60. The van der Waals surface area contributed by atoms with Crippen LogP contribution in [0.3, 0.4) is 0 Å². The lowest BCUT2D eigenvalue weighted by molar-refractivity contribution is 0.398. The molecule has 0 radical (unpaired) electrons. The Balaban J connectivity index is 1.55. The van der Waals surface area contributed by atoms with E-state index < -0.39 is 0 Å². The van der Waals surface area contributed by atoms with Crippen LogP contribution in [0.2, 0.25) is 0 Å². The Kier molecular flexibility index (Phi) is 2.58. The van der Waals surface area contributed by atoms with E-state index in [0.717, 1.165) is 12.5 Å². The zero-order valence-corrected chi connectivity index (χ0v) is 9.88. The average Bonchev–Trinajstić information content (AvgIpc) is 3.14. The van der Waals surface area contributed by atoms with Gasteiger partial charge in [0.2, 0.25) is 0 Å². The minimum absolute atomic E-state index is 0.176. The molecule has 17 heavy (non-hydrogen) atoms. The van der Waals surface area contributed by atoms with Gasteiger partial charge in [0.15, 0.2) is 0 Å². The molecule has 1 aromatic carbocycles. The molecule has 0 heterocycles. The second-order valence-corrected chi connectivity index (χ2v) is 5.51. The highest BCUT2D eigenvalue weighted by atomic mass is 19.1. The van der Waals surface area contributed by atoms with Gasteiger partial charge in [-0.25, -0.2) is 4.39 Å². The molecule has 2 N–H and O–H groups in total. The van der Waals surface area contributed by atoms with Crippen molar-refractivity contribution in [3.8, 4) is 5.75 Å². The van der Waals surface area contributed by atoms with E-state index >= 15 is 0 Å². The molecule has 0 aliphatic heterocycles. The van der Waals surface area contributed by atoms with Crippen LogP contribution in [0.1, 0.15) is 31.2 Å². The molecule has 0 spiro atoms. The SMILES string of the molecule is Oc1ccc(F)cc1CNCC1(C2CC2)CC1. The normalized spacial score (nSPS) is 21.5. The molecule has 0 saturated heterocycles. The van der Waals surface area contributed by atoms with Gasteiger partial charge in [-0.3, -0.25) is 0 Å². The predicted octanol–water partition coefficient (Wildman–Crippen LogP) is 2.81. The number of aromatic hydroxyl groups is 1. The van der Waals surface area contributed by atoms with E-state index in [1.54, 1.807) is 0 Å². The highest BCUT2D eigenvalue weighted by Gasteiger charge is 2.53. The fourth-order valence-corrected chi connectivity index (χ4v) is 2.73. The Hall–Kier alpha value is -1.09. The number of halogens is 1. The summed E-state index contributed by atoms with van der Waals surface area (Å²) in [7, 11) is 0. The number of phenols is 1. The predicted molar refractivity (Wildman–Crippen MR) is 64.2 cm³/mol. The van der Waals surface area contributed by atoms with Crippen LogP contribution in [-0.4, -0.2) is 11.7 Å². The van der Waals surface area contributed by atoms with Crippen LogP contribution in [-0.2, 0) is 6.54 Å². The Labute approximate surface area is 101 Å². The van der Waals surface area contributed by atoms with Gasteiger partial charge >= 0.3 is 0 Å². The first-order valence-electron chi connectivity index (χ1n) is 6.38. The molecule has 0 amide bonds. The summed E-state index contributed by atoms with van der Waals surface area (Å²) < 4.78 is 13.0. The van der Waals surface area contributed by atoms with Crippen LogP contribution in [0.5, 0.6) is 5.75 Å². The molecule has 0 aromatic heterocycles. The summed E-state index contributed by atoms with van der Waals surface area (Å²) in [4.78, 5) is 0. The molecule has 0 unspecified atom stereocenters. The number of phenolic OH excluding ortho intramolecular Hbond substituents is 1. The van der Waals surface area contributed by atoms with Crippen molar-refractivity contribution in [3.05, 3.63) is 29.6 Å². The molecule has 2 fully saturated rings. The van der Waals surface area contributed by atoms with Crippen LogP contribution < -0.4 is 5.32 Å². The summed E-state index contributed by atoms with van der Waals surface area (Å²) in [6.07, 6.45) is 5.43. The summed E-state index contributed by atoms with van der Waals surface area (Å²) in [6, 6.07) is 4.10. The number of nitrogens with one attached hydrogen (secondary N) is 1. The maximum absolute atomic E-state index is 13.0. The van der Waals surface area contributed by atoms with E-state index in [4.69, 9.17) is 0 Å². The quantitative estimate of drug-likeness (QED) is 0.822. The third-order valence-corrected chi connectivity index (χ3v) is 4.17. The summed E-state index contributed by atoms with van der Waals surface area (Å²) >= 11 is 0. The first kappa shape index (κ1) is 11.0. The molecule has 0 atom stereocenters. The van der Waals surface area contributed by atoms with E-state index in [1.807, 2.05) is 0 Å². The monoisotopic (exact) mass is 235 g/mol. The maximum Gasteiger partial charge on any atom is 0.123 e. The minimum Gasteiger partial charge on any atom is -0.508 e. The van der Waals surface area contributed by atoms with Gasteiger partial charge in [-0.1, -0.05) is 0 Å². The summed E-state index contributed by atoms with van der Waals surface area (Å²) in [5, 5.41) is 13.0. The van der Waals surface area contributed by atoms with Gasteiger partial charge in [0.05, 0.1) is 0 Å². The first-order chi connectivity index (χ1) is 8.20. The van der Waals surface area contributed by atoms with Gasteiger partial charge in [0.25, 0.3) is 0 Å². The van der Waals surface area contributed by atoms with Crippen molar-refractivity contribution in [3.63, 3.8) is 0 Å². The van der Waals surface area contributed by atoms with E-state index in [2.05, 4.69) is 5.32 Å². The Morgan fingerprint density at radius 1 is 1.35 bits per heavy atom. The van der Waals surface area contributed by atoms with Gasteiger partial charge in [-0.05, 0) is 55.2 Å². The van der Waals surface area contributed by atoms with Gasteiger partial charge in [0.1, 0.15) is 11.6 Å². The van der Waals surface area contributed by atoms with Gasteiger partial charge in [-0.2, -0.15) is 0 Å². The fourth-order valence-electron chi connectivity index (χ4n) is 2.73. The summed E-state index contributed by atoms with van der Waals surface area (Å²) in [6.45, 7) is 1.56. The molecule has 0 bridgehead atoms. The average molecular weight is 235 g/mol. The maximum atomic E-state index is 13.0. The lowest BCUT2D eigenvalue weighted by Gasteiger charge is -2.15. The standard InChI is InChI=1S/C14H18FNO/c15-12-3-4-13(17)10(7-12)8-16-9-14(5-6-14)11-1-2-11/h3-4,7,11,16-17H,1-2,5-6,8-9H2. The Morgan fingerprint density at radius 2 is 2.12 bits per heavy atom. The van der Waals surface area contributed by atoms with Crippen molar-refractivity contribution >= 4 is 0 Å². The highest BCUT2D eigenvalue weighted by molar-refractivity contribution is 5.32. The van der Waals surface area contributed by atoms with Crippen molar-refractivity contribution in [1.82, 2.24) is 5.32 Å². The molecule has 2 saturated carbocycles. The molecular weight excluding hydrogens is 217 g/mol. The third-order valence-electron chi connectivity index (χ3n) is 4.17. The van der Waals surface area contributed by atoms with E-state index in [1.165, 1.54) is 43.9 Å². The number of hydrogen-bond acceptors (Lipinski definition) is 2. The van der Waals surface area contributed by atoms with Crippen LogP contribution in [0.4, 0.5) is 4.39 Å². The zero-order valence-electron chi connectivity index (χ0n) is 9.88. The lowest BCUT2D eigenvalue weighted by atomic mass is 10.0. The second-order valence-electron chi connectivity index (χ2n) is 5.51. The zero-order chi connectivity index (χ0) is 11.9. The summed E-state index contributed by atoms with van der Waals surface area (Å²) in [5.74, 6) is 0.814. The molecule has 3 rings (SSSR count). The minimum atomic E-state index is -0.289.